The Morgan fingerprint density at radius 1 is 1.26 bits per heavy atom. The first-order valence-corrected chi connectivity index (χ1v) is 11.0. The number of likely N-dealkylation sites (tertiary alicyclic amines) is 1. The maximum atomic E-state index is 13.1. The van der Waals surface area contributed by atoms with E-state index in [0.29, 0.717) is 32.2 Å². The highest BCUT2D eigenvalue weighted by Crippen LogP contribution is 2.26. The van der Waals surface area contributed by atoms with Gasteiger partial charge in [0.1, 0.15) is 6.04 Å². The van der Waals surface area contributed by atoms with Crippen molar-refractivity contribution in [1.29, 1.82) is 0 Å². The molecule has 0 saturated carbocycles. The maximum absolute atomic E-state index is 13.1. The first-order valence-electron chi connectivity index (χ1n) is 11.0. The van der Waals surface area contributed by atoms with Crippen molar-refractivity contribution < 1.29 is 24.3 Å². The summed E-state index contributed by atoms with van der Waals surface area (Å²) in [6.07, 6.45) is 4.43. The molecule has 9 heteroatoms. The lowest BCUT2D eigenvalue weighted by Crippen LogP contribution is -2.58. The van der Waals surface area contributed by atoms with Gasteiger partial charge in [0, 0.05) is 13.1 Å². The quantitative estimate of drug-likeness (QED) is 0.199. The predicted molar refractivity (Wildman–Crippen MR) is 118 cm³/mol. The zero-order chi connectivity index (χ0) is 23.6. The van der Waals surface area contributed by atoms with E-state index in [4.69, 9.17) is 0 Å². The summed E-state index contributed by atoms with van der Waals surface area (Å²) in [5.41, 5.74) is -0.466. The summed E-state index contributed by atoms with van der Waals surface area (Å²) in [5.74, 6) is -2.16. The van der Waals surface area contributed by atoms with Gasteiger partial charge in [0.25, 0.3) is 5.91 Å². The molecule has 0 aliphatic carbocycles. The molecule has 0 aromatic carbocycles. The van der Waals surface area contributed by atoms with Crippen molar-refractivity contribution in [3.05, 3.63) is 12.7 Å². The van der Waals surface area contributed by atoms with Gasteiger partial charge in [0.15, 0.2) is 0 Å². The lowest BCUT2D eigenvalue weighted by Gasteiger charge is -2.35. The summed E-state index contributed by atoms with van der Waals surface area (Å²) in [6.45, 7) is 11.3. The molecule has 0 aromatic heterocycles. The molecular formula is C22H38N4O5. The lowest BCUT2D eigenvalue weighted by atomic mass is 9.85. The largest absolute Gasteiger partial charge is 0.381 e. The summed E-state index contributed by atoms with van der Waals surface area (Å²) in [5, 5.41) is 17.3. The number of aliphatic hydroxyl groups is 1. The summed E-state index contributed by atoms with van der Waals surface area (Å²) in [7, 11) is 0. The molecule has 3 amide bonds. The molecule has 176 valence electrons. The Labute approximate surface area is 185 Å². The highest BCUT2D eigenvalue weighted by atomic mass is 16.3. The minimum absolute atomic E-state index is 0.163. The average molecular weight is 439 g/mol. The van der Waals surface area contributed by atoms with E-state index in [1.807, 2.05) is 27.7 Å². The van der Waals surface area contributed by atoms with Gasteiger partial charge in [-0.05, 0) is 24.7 Å². The van der Waals surface area contributed by atoms with Crippen LogP contribution < -0.4 is 16.0 Å². The van der Waals surface area contributed by atoms with Gasteiger partial charge in [-0.3, -0.25) is 24.5 Å². The van der Waals surface area contributed by atoms with E-state index in [1.165, 1.54) is 11.0 Å². The Bertz CT molecular complexity index is 659. The topological polar surface area (TPSA) is 128 Å². The fourth-order valence-corrected chi connectivity index (χ4v) is 3.68. The first-order chi connectivity index (χ1) is 14.6. The van der Waals surface area contributed by atoms with Crippen LogP contribution in [0, 0.1) is 5.41 Å². The molecule has 3 atom stereocenters. The van der Waals surface area contributed by atoms with E-state index in [-0.39, 0.29) is 19.2 Å². The Hall–Kier alpha value is -2.26. The number of nitrogens with one attached hydrogen (secondary N) is 3. The molecule has 1 aliphatic rings. The standard InChI is InChI=1S/C22H38N4O5/c1-6-8-10-15(17(28)20(30)23-12-7-2)25-19(29)16-11-9-13-26(16)21(31)18(24-14-27)22(3,4)5/h7,15-16,18,24,27H,2,6,8-14H2,1,3-5H3,(H,23,30)(H,25,29). The molecule has 1 fully saturated rings. The van der Waals surface area contributed by atoms with Crippen LogP contribution in [-0.4, -0.2) is 71.5 Å². The normalized spacial score (nSPS) is 18.2. The van der Waals surface area contributed by atoms with Crippen molar-refractivity contribution in [2.45, 2.75) is 77.9 Å². The van der Waals surface area contributed by atoms with Gasteiger partial charge >= 0.3 is 0 Å². The Morgan fingerprint density at radius 3 is 2.48 bits per heavy atom. The molecule has 1 rings (SSSR count). The van der Waals surface area contributed by atoms with Crippen LogP contribution in [0.1, 0.15) is 59.8 Å². The molecule has 4 N–H and O–H groups in total. The van der Waals surface area contributed by atoms with E-state index in [0.717, 1.165) is 6.42 Å². The molecule has 9 nitrogen and oxygen atoms in total. The second-order valence-corrected chi connectivity index (χ2v) is 8.92. The van der Waals surface area contributed by atoms with Crippen LogP contribution in [0.15, 0.2) is 12.7 Å². The molecule has 1 saturated heterocycles. The number of carbonyl (C=O) groups excluding carboxylic acids is 4. The van der Waals surface area contributed by atoms with Gasteiger partial charge in [-0.1, -0.05) is 46.6 Å². The Balaban J connectivity index is 2.95. The third-order valence-corrected chi connectivity index (χ3v) is 5.36. The molecule has 0 spiro atoms. The molecule has 1 aliphatic heterocycles. The fourth-order valence-electron chi connectivity index (χ4n) is 3.68. The van der Waals surface area contributed by atoms with Crippen molar-refractivity contribution in [2.24, 2.45) is 5.41 Å². The number of amides is 3. The highest BCUT2D eigenvalue weighted by Gasteiger charge is 2.41. The van der Waals surface area contributed by atoms with Crippen molar-refractivity contribution >= 4 is 23.5 Å². The molecular weight excluding hydrogens is 400 g/mol. The van der Waals surface area contributed by atoms with Gasteiger partial charge in [0.05, 0.1) is 18.8 Å². The van der Waals surface area contributed by atoms with E-state index >= 15 is 0 Å². The van der Waals surface area contributed by atoms with Crippen LogP contribution >= 0.6 is 0 Å². The lowest BCUT2D eigenvalue weighted by molar-refractivity contribution is -0.144. The van der Waals surface area contributed by atoms with E-state index in [9.17, 15) is 24.3 Å². The zero-order valence-corrected chi connectivity index (χ0v) is 19.2. The van der Waals surface area contributed by atoms with Crippen LogP contribution in [-0.2, 0) is 19.2 Å². The fraction of sp³-hybridized carbons (Fsp3) is 0.727. The summed E-state index contributed by atoms with van der Waals surface area (Å²) in [6, 6.07) is -2.32. The van der Waals surface area contributed by atoms with Gasteiger partial charge in [0.2, 0.25) is 17.6 Å². The number of unbranched alkanes of at least 4 members (excludes halogenated alkanes) is 1. The number of ketones is 1. The Morgan fingerprint density at radius 2 is 1.94 bits per heavy atom. The van der Waals surface area contributed by atoms with E-state index in [1.54, 1.807) is 0 Å². The third kappa shape index (κ3) is 7.74. The van der Waals surface area contributed by atoms with Gasteiger partial charge in [-0.15, -0.1) is 6.58 Å². The first kappa shape index (κ1) is 26.8. The number of hydrogen-bond acceptors (Lipinski definition) is 6. The van der Waals surface area contributed by atoms with Crippen molar-refractivity contribution in [3.8, 4) is 0 Å². The molecule has 31 heavy (non-hydrogen) atoms. The van der Waals surface area contributed by atoms with Gasteiger partial charge in [-0.2, -0.15) is 0 Å². The average Bonchev–Trinajstić information content (AvgIpc) is 3.21. The smallest absolute Gasteiger partial charge is 0.289 e. The van der Waals surface area contributed by atoms with Crippen LogP contribution in [0.2, 0.25) is 0 Å². The molecule has 0 radical (unpaired) electrons. The van der Waals surface area contributed by atoms with Gasteiger partial charge in [-0.25, -0.2) is 0 Å². The van der Waals surface area contributed by atoms with Crippen molar-refractivity contribution in [1.82, 2.24) is 20.9 Å². The summed E-state index contributed by atoms with van der Waals surface area (Å²) >= 11 is 0. The van der Waals surface area contributed by atoms with Crippen LogP contribution in [0.25, 0.3) is 0 Å². The monoisotopic (exact) mass is 438 g/mol. The Kier molecular flexibility index (Phi) is 10.8. The van der Waals surface area contributed by atoms with Crippen molar-refractivity contribution in [2.75, 3.05) is 19.8 Å². The molecule has 0 aromatic rings. The third-order valence-electron chi connectivity index (χ3n) is 5.36. The SMILES string of the molecule is C=CCNC(=O)C(=O)C(CCCC)NC(=O)C1CCCN1C(=O)C(NCO)C(C)(C)C. The zero-order valence-electron chi connectivity index (χ0n) is 19.2. The minimum atomic E-state index is -0.941. The number of aliphatic hydroxyl groups excluding tert-OH is 1. The van der Waals surface area contributed by atoms with E-state index in [2.05, 4.69) is 22.5 Å². The molecule has 0 bridgehead atoms. The summed E-state index contributed by atoms with van der Waals surface area (Å²) in [4.78, 5) is 52.3. The van der Waals surface area contributed by atoms with Crippen LogP contribution in [0.3, 0.4) is 0 Å². The van der Waals surface area contributed by atoms with Crippen LogP contribution in [0.5, 0.6) is 0 Å². The molecule has 3 unspecified atom stereocenters. The number of carbonyl (C=O) groups is 4. The van der Waals surface area contributed by atoms with E-state index < -0.39 is 41.1 Å². The number of hydrogen-bond donors (Lipinski definition) is 4. The number of Topliss-reactive ketones (excluding diaryl/α,β-unsaturated/α-hetero) is 1. The summed E-state index contributed by atoms with van der Waals surface area (Å²) < 4.78 is 0. The van der Waals surface area contributed by atoms with Gasteiger partial charge < -0.3 is 20.6 Å². The van der Waals surface area contributed by atoms with Crippen molar-refractivity contribution in [3.63, 3.8) is 0 Å². The highest BCUT2D eigenvalue weighted by molar-refractivity contribution is 6.38. The second-order valence-electron chi connectivity index (χ2n) is 8.92. The maximum Gasteiger partial charge on any atom is 0.289 e. The van der Waals surface area contributed by atoms with Crippen LogP contribution in [0.4, 0.5) is 0 Å². The minimum Gasteiger partial charge on any atom is -0.381 e. The second kappa shape index (κ2) is 12.6. The molecule has 1 heterocycles. The number of rotatable bonds is 12. The predicted octanol–water partition coefficient (Wildman–Crippen LogP) is 0.478. The number of nitrogens with zero attached hydrogens (tertiary/aromatic N) is 1.